The molecule has 0 radical (unpaired) electrons. The Bertz CT molecular complexity index is 1330. The van der Waals surface area contributed by atoms with Crippen molar-refractivity contribution >= 4 is 40.7 Å². The van der Waals surface area contributed by atoms with Crippen LogP contribution in [0.3, 0.4) is 0 Å². The topological polar surface area (TPSA) is 92.2 Å². The van der Waals surface area contributed by atoms with E-state index in [0.717, 1.165) is 41.9 Å². The largest absolute Gasteiger partial charge is 0.338 e. The smallest absolute Gasteiger partial charge is 0.317 e. The van der Waals surface area contributed by atoms with E-state index in [1.54, 1.807) is 22.2 Å². The van der Waals surface area contributed by atoms with Crippen LogP contribution in [0.15, 0.2) is 36.0 Å². The van der Waals surface area contributed by atoms with Crippen LogP contribution in [0.1, 0.15) is 52.3 Å². The van der Waals surface area contributed by atoms with Gasteiger partial charge in [0, 0.05) is 31.4 Å². The van der Waals surface area contributed by atoms with Crippen LogP contribution in [-0.4, -0.2) is 51.2 Å². The number of thiophene rings is 1. The van der Waals surface area contributed by atoms with Gasteiger partial charge in [-0.25, -0.2) is 9.78 Å². The van der Waals surface area contributed by atoms with E-state index in [2.05, 4.69) is 32.6 Å². The predicted octanol–water partition coefficient (Wildman–Crippen LogP) is 4.57. The second-order valence-electron chi connectivity index (χ2n) is 9.24. The van der Waals surface area contributed by atoms with Gasteiger partial charge in [-0.1, -0.05) is 29.5 Å². The second kappa shape index (κ2) is 10.3. The zero-order chi connectivity index (χ0) is 25.2. The summed E-state index contributed by atoms with van der Waals surface area (Å²) in [7, 11) is 0. The third-order valence-electron chi connectivity index (χ3n) is 6.81. The van der Waals surface area contributed by atoms with Crippen LogP contribution in [0.25, 0.3) is 0 Å². The van der Waals surface area contributed by atoms with Gasteiger partial charge in [-0.2, -0.15) is 5.10 Å². The van der Waals surface area contributed by atoms with Gasteiger partial charge in [-0.05, 0) is 61.6 Å². The number of carbonyl (C=O) groups is 2. The molecule has 0 spiro atoms. The van der Waals surface area contributed by atoms with Crippen LogP contribution in [-0.2, 0) is 0 Å². The third-order valence-corrected chi connectivity index (χ3v) is 7.88. The number of hydrogen-bond donors (Lipinski definition) is 2. The molecule has 3 aromatic rings. The molecule has 1 aliphatic heterocycles. The van der Waals surface area contributed by atoms with Crippen LogP contribution >= 0.6 is 22.9 Å². The Balaban J connectivity index is 1.27. The number of urea groups is 1. The van der Waals surface area contributed by atoms with Gasteiger partial charge >= 0.3 is 6.03 Å². The average molecular weight is 523 g/mol. The fraction of sp³-hybridized carbons (Fsp3) is 0.385. The number of hydrogen-bond acceptors (Lipinski definition) is 5. The van der Waals surface area contributed by atoms with E-state index in [9.17, 15) is 9.59 Å². The average Bonchev–Trinajstić information content (AvgIpc) is 3.63. The standard InChI is InChI=1S/C26H27ClN6O2S/c1-3-28-26(35)32-14-18-10-20(11-19(18)15-32)33-23(22(27)13-30-33)25(34)31-24-16(2)9-17(12-29-24)6-7-21-5-4-8-36-21/h4-5,8-9,12-13,18-20H,3,10-11,14-15H2,1-2H3,(H,28,35)(H,29,31,34)/t18-,19+,20?. The molecule has 3 atom stereocenters. The fourth-order valence-electron chi connectivity index (χ4n) is 5.15. The van der Waals surface area contributed by atoms with Crippen LogP contribution in [0.4, 0.5) is 10.6 Å². The molecule has 0 bridgehead atoms. The van der Waals surface area contributed by atoms with Crippen LogP contribution in [0.5, 0.6) is 0 Å². The first-order valence-electron chi connectivity index (χ1n) is 12.0. The van der Waals surface area contributed by atoms with Gasteiger partial charge in [0.1, 0.15) is 11.5 Å². The molecular formula is C26H27ClN6O2S. The molecule has 10 heteroatoms. The Morgan fingerprint density at radius 2 is 2.00 bits per heavy atom. The normalized spacial score (nSPS) is 20.5. The number of amides is 3. The van der Waals surface area contributed by atoms with Crippen LogP contribution in [0, 0.1) is 30.6 Å². The molecule has 1 saturated carbocycles. The monoisotopic (exact) mass is 522 g/mol. The number of likely N-dealkylation sites (tertiary alicyclic amines) is 1. The molecule has 36 heavy (non-hydrogen) atoms. The summed E-state index contributed by atoms with van der Waals surface area (Å²) in [6.07, 6.45) is 4.89. The number of aryl methyl sites for hydroxylation is 1. The SMILES string of the molecule is CCNC(=O)N1C[C@H]2CC(n3ncc(Cl)c3C(=O)Nc3ncc(C#Cc4cccs4)cc3C)C[C@H]2C1. The Morgan fingerprint density at radius 1 is 1.22 bits per heavy atom. The van der Waals surface area contributed by atoms with Crippen molar-refractivity contribution < 1.29 is 9.59 Å². The number of fused-ring (bicyclic) bond motifs is 1. The molecule has 1 unspecified atom stereocenters. The molecule has 0 aromatic carbocycles. The van der Waals surface area contributed by atoms with Gasteiger partial charge in [0.25, 0.3) is 5.91 Å². The zero-order valence-corrected chi connectivity index (χ0v) is 21.7. The lowest BCUT2D eigenvalue weighted by atomic mass is 10.0. The molecule has 2 fully saturated rings. The summed E-state index contributed by atoms with van der Waals surface area (Å²) in [5, 5.41) is 12.5. The van der Waals surface area contributed by atoms with Gasteiger partial charge < -0.3 is 15.5 Å². The lowest BCUT2D eigenvalue weighted by molar-refractivity contribution is 0.101. The van der Waals surface area contributed by atoms with Gasteiger partial charge in [0.15, 0.2) is 0 Å². The van der Waals surface area contributed by atoms with Gasteiger partial charge in [0.05, 0.1) is 22.1 Å². The molecule has 1 aliphatic carbocycles. The molecule has 3 aromatic heterocycles. The summed E-state index contributed by atoms with van der Waals surface area (Å²) >= 11 is 8.00. The molecule has 186 valence electrons. The quantitative estimate of drug-likeness (QED) is 0.491. The van der Waals surface area contributed by atoms with E-state index in [4.69, 9.17) is 11.6 Å². The molecule has 5 rings (SSSR count). The number of carbonyl (C=O) groups excluding carboxylic acids is 2. The number of aromatic nitrogens is 3. The van der Waals surface area contributed by atoms with Crippen molar-refractivity contribution in [1.82, 2.24) is 25.0 Å². The molecule has 8 nitrogen and oxygen atoms in total. The van der Waals surface area contributed by atoms with Crippen molar-refractivity contribution in [3.05, 3.63) is 62.7 Å². The Hall–Kier alpha value is -3.35. The van der Waals surface area contributed by atoms with Crippen molar-refractivity contribution in [2.45, 2.75) is 32.7 Å². The Morgan fingerprint density at radius 3 is 2.67 bits per heavy atom. The first-order valence-corrected chi connectivity index (χ1v) is 13.3. The first-order chi connectivity index (χ1) is 17.4. The highest BCUT2D eigenvalue weighted by Gasteiger charge is 2.44. The molecule has 2 N–H and O–H groups in total. The van der Waals surface area contributed by atoms with E-state index in [1.165, 1.54) is 6.20 Å². The minimum absolute atomic E-state index is 0.00274. The summed E-state index contributed by atoms with van der Waals surface area (Å²) in [6.45, 7) is 5.89. The number of pyridine rings is 1. The number of nitrogens with one attached hydrogen (secondary N) is 2. The van der Waals surface area contributed by atoms with Gasteiger partial charge in [-0.3, -0.25) is 9.48 Å². The van der Waals surface area contributed by atoms with E-state index in [1.807, 2.05) is 42.3 Å². The van der Waals surface area contributed by atoms with Crippen LogP contribution in [0.2, 0.25) is 5.02 Å². The molecular weight excluding hydrogens is 496 g/mol. The number of rotatable bonds is 4. The van der Waals surface area contributed by atoms with E-state index in [-0.39, 0.29) is 18.0 Å². The van der Waals surface area contributed by atoms with Crippen molar-refractivity contribution in [1.29, 1.82) is 0 Å². The third kappa shape index (κ3) is 4.97. The summed E-state index contributed by atoms with van der Waals surface area (Å²) in [5.41, 5.74) is 1.93. The Kier molecular flexibility index (Phi) is 6.99. The summed E-state index contributed by atoms with van der Waals surface area (Å²) in [5.74, 6) is 7.13. The highest BCUT2D eigenvalue weighted by molar-refractivity contribution is 7.10. The number of nitrogens with zero attached hydrogens (tertiary/aromatic N) is 4. The molecule has 4 heterocycles. The van der Waals surface area contributed by atoms with Crippen molar-refractivity contribution in [3.8, 4) is 11.8 Å². The first kappa shape index (κ1) is 24.3. The number of halogens is 1. The second-order valence-corrected chi connectivity index (χ2v) is 10.6. The molecule has 1 saturated heterocycles. The van der Waals surface area contributed by atoms with Crippen molar-refractivity contribution in [3.63, 3.8) is 0 Å². The maximum atomic E-state index is 13.3. The van der Waals surface area contributed by atoms with Gasteiger partial charge in [-0.15, -0.1) is 11.3 Å². The maximum Gasteiger partial charge on any atom is 0.317 e. The maximum absolute atomic E-state index is 13.3. The van der Waals surface area contributed by atoms with E-state index < -0.39 is 0 Å². The lowest BCUT2D eigenvalue weighted by Gasteiger charge is -2.20. The highest BCUT2D eigenvalue weighted by Crippen LogP contribution is 2.44. The lowest BCUT2D eigenvalue weighted by Crippen LogP contribution is -2.39. The summed E-state index contributed by atoms with van der Waals surface area (Å²) in [6, 6.07) is 5.90. The van der Waals surface area contributed by atoms with Crippen LogP contribution < -0.4 is 10.6 Å². The van der Waals surface area contributed by atoms with E-state index in [0.29, 0.717) is 34.9 Å². The number of anilines is 1. The summed E-state index contributed by atoms with van der Waals surface area (Å²) < 4.78 is 1.75. The Labute approximate surface area is 219 Å². The zero-order valence-electron chi connectivity index (χ0n) is 20.1. The van der Waals surface area contributed by atoms with Crippen molar-refractivity contribution in [2.24, 2.45) is 11.8 Å². The van der Waals surface area contributed by atoms with Gasteiger partial charge in [0.2, 0.25) is 0 Å². The highest BCUT2D eigenvalue weighted by atomic mass is 35.5. The van der Waals surface area contributed by atoms with Crippen molar-refractivity contribution in [2.75, 3.05) is 25.0 Å². The fourth-order valence-corrected chi connectivity index (χ4v) is 5.94. The minimum Gasteiger partial charge on any atom is -0.338 e. The summed E-state index contributed by atoms with van der Waals surface area (Å²) in [4.78, 5) is 32.8. The molecule has 2 aliphatic rings. The predicted molar refractivity (Wildman–Crippen MR) is 140 cm³/mol. The molecule has 3 amide bonds. The minimum atomic E-state index is -0.341. The van der Waals surface area contributed by atoms with E-state index >= 15 is 0 Å².